The minimum absolute atomic E-state index is 0.188. The zero-order valence-electron chi connectivity index (χ0n) is 17.1. The van der Waals surface area contributed by atoms with Crippen LogP contribution in [0.5, 0.6) is 11.6 Å². The molecule has 31 heavy (non-hydrogen) atoms. The van der Waals surface area contributed by atoms with Crippen molar-refractivity contribution in [3.8, 4) is 11.6 Å². The second-order valence-corrected chi connectivity index (χ2v) is 6.92. The van der Waals surface area contributed by atoms with Crippen molar-refractivity contribution in [2.75, 3.05) is 37.8 Å². The molecule has 1 N–H and O–H groups in total. The van der Waals surface area contributed by atoms with Crippen LogP contribution in [0.1, 0.15) is 11.5 Å². The summed E-state index contributed by atoms with van der Waals surface area (Å²) in [7, 11) is 0. The third-order valence-electron chi connectivity index (χ3n) is 4.65. The second kappa shape index (κ2) is 10.4. The summed E-state index contributed by atoms with van der Waals surface area (Å²) < 4.78 is 11.4. The number of hydrogen-bond acceptors (Lipinski definition) is 9. The summed E-state index contributed by atoms with van der Waals surface area (Å²) >= 11 is 0. The summed E-state index contributed by atoms with van der Waals surface area (Å²) in [5.74, 6) is 2.01. The predicted molar refractivity (Wildman–Crippen MR) is 115 cm³/mol. The van der Waals surface area contributed by atoms with Gasteiger partial charge in [-0.15, -0.1) is 0 Å². The van der Waals surface area contributed by atoms with Crippen molar-refractivity contribution in [2.24, 2.45) is 10.2 Å². The summed E-state index contributed by atoms with van der Waals surface area (Å²) in [6, 6.07) is 14.2. The van der Waals surface area contributed by atoms with Crippen molar-refractivity contribution in [3.05, 3.63) is 66.2 Å². The first-order chi connectivity index (χ1) is 15.3. The Labute approximate surface area is 180 Å². The topological polar surface area (TPSA) is 105 Å². The Bertz CT molecular complexity index is 992. The van der Waals surface area contributed by atoms with Gasteiger partial charge in [0.15, 0.2) is 5.82 Å². The summed E-state index contributed by atoms with van der Waals surface area (Å²) in [6.45, 7) is 3.53. The molecule has 4 rings (SSSR count). The first-order valence-electron chi connectivity index (χ1n) is 10.2. The number of nitrogens with zero attached hydrogens (tertiary/aromatic N) is 6. The zero-order chi connectivity index (χ0) is 21.3. The highest BCUT2D eigenvalue weighted by atomic mass is 16.5. The Balaban J connectivity index is 1.46. The molecule has 0 bridgehead atoms. The molecular weight excluding hydrogens is 396 g/mol. The van der Waals surface area contributed by atoms with Crippen LogP contribution in [0.25, 0.3) is 0 Å². The number of azo groups is 1. The van der Waals surface area contributed by atoms with Gasteiger partial charge in [-0.1, -0.05) is 6.07 Å². The first kappa shape index (κ1) is 20.7. The molecule has 0 amide bonds. The number of phenols is 1. The third kappa shape index (κ3) is 6.19. The molecule has 0 atom stereocenters. The molecule has 1 aromatic carbocycles. The van der Waals surface area contributed by atoms with Gasteiger partial charge in [-0.25, -0.2) is 4.98 Å². The molecule has 0 saturated carbocycles. The molecule has 0 spiro atoms. The van der Waals surface area contributed by atoms with Crippen LogP contribution in [0.4, 0.5) is 11.5 Å². The van der Waals surface area contributed by atoms with Crippen LogP contribution in [0.2, 0.25) is 0 Å². The number of phenolic OH excluding ortho intramolecular Hbond substituents is 1. The van der Waals surface area contributed by atoms with E-state index in [4.69, 9.17) is 9.47 Å². The molecule has 9 nitrogen and oxygen atoms in total. The van der Waals surface area contributed by atoms with Crippen LogP contribution in [-0.4, -0.2) is 53.0 Å². The lowest BCUT2D eigenvalue weighted by molar-refractivity contribution is 0.122. The smallest absolute Gasteiger partial charge is 0.218 e. The van der Waals surface area contributed by atoms with Gasteiger partial charge in [0.1, 0.15) is 18.1 Å². The number of hydrogen-bond donors (Lipinski definition) is 1. The standard InChI is InChI=1S/C22H24N6O3/c29-19-6-4-18(5-7-19)27-24-16-20-25-21(28-10-13-30-14-11-28)15-22(26-20)31-12-8-17-3-1-2-9-23-17/h1-7,9,15,29H,8,10-14,16H2. The normalized spacial score (nSPS) is 14.1. The van der Waals surface area contributed by atoms with Crippen molar-refractivity contribution >= 4 is 11.5 Å². The quantitative estimate of drug-likeness (QED) is 0.557. The van der Waals surface area contributed by atoms with Crippen LogP contribution in [0, 0.1) is 0 Å². The largest absolute Gasteiger partial charge is 0.508 e. The van der Waals surface area contributed by atoms with E-state index in [0.29, 0.717) is 43.6 Å². The van der Waals surface area contributed by atoms with Gasteiger partial charge in [-0.05, 0) is 36.4 Å². The Hall–Kier alpha value is -3.59. The van der Waals surface area contributed by atoms with E-state index >= 15 is 0 Å². The van der Waals surface area contributed by atoms with Crippen LogP contribution < -0.4 is 9.64 Å². The molecular formula is C22H24N6O3. The Kier molecular flexibility index (Phi) is 6.96. The highest BCUT2D eigenvalue weighted by Crippen LogP contribution is 2.21. The van der Waals surface area contributed by atoms with Gasteiger partial charge in [0.2, 0.25) is 5.88 Å². The first-order valence-corrected chi connectivity index (χ1v) is 10.2. The number of morpholine rings is 1. The maximum atomic E-state index is 9.36. The summed E-state index contributed by atoms with van der Waals surface area (Å²) in [5, 5.41) is 17.7. The second-order valence-electron chi connectivity index (χ2n) is 6.92. The van der Waals surface area contributed by atoms with E-state index < -0.39 is 0 Å². The highest BCUT2D eigenvalue weighted by molar-refractivity contribution is 5.42. The Morgan fingerprint density at radius 3 is 2.68 bits per heavy atom. The number of aromatic hydroxyl groups is 1. The van der Waals surface area contributed by atoms with Crippen LogP contribution >= 0.6 is 0 Å². The number of aromatic nitrogens is 3. The molecule has 0 unspecified atom stereocenters. The van der Waals surface area contributed by atoms with Gasteiger partial charge in [-0.3, -0.25) is 4.98 Å². The van der Waals surface area contributed by atoms with E-state index in [1.807, 2.05) is 24.3 Å². The maximum Gasteiger partial charge on any atom is 0.218 e. The molecule has 0 aliphatic carbocycles. The number of ether oxygens (including phenoxy) is 2. The molecule has 9 heteroatoms. The van der Waals surface area contributed by atoms with Crippen molar-refractivity contribution in [1.82, 2.24) is 15.0 Å². The number of rotatable bonds is 8. The molecule has 0 radical (unpaired) electrons. The van der Waals surface area contributed by atoms with E-state index in [9.17, 15) is 5.11 Å². The fourth-order valence-corrected chi connectivity index (χ4v) is 3.06. The Morgan fingerprint density at radius 2 is 1.90 bits per heavy atom. The monoisotopic (exact) mass is 420 g/mol. The number of anilines is 1. The molecule has 3 aromatic rings. The third-order valence-corrected chi connectivity index (χ3v) is 4.65. The molecule has 1 aliphatic heterocycles. The average molecular weight is 420 g/mol. The van der Waals surface area contributed by atoms with E-state index in [2.05, 4.69) is 30.1 Å². The van der Waals surface area contributed by atoms with E-state index in [0.717, 1.165) is 24.6 Å². The van der Waals surface area contributed by atoms with Crippen molar-refractivity contribution < 1.29 is 14.6 Å². The van der Waals surface area contributed by atoms with Gasteiger partial charge in [-0.2, -0.15) is 15.2 Å². The van der Waals surface area contributed by atoms with E-state index in [1.54, 1.807) is 30.5 Å². The van der Waals surface area contributed by atoms with E-state index in [-0.39, 0.29) is 12.3 Å². The van der Waals surface area contributed by atoms with Gasteiger partial charge in [0, 0.05) is 37.5 Å². The van der Waals surface area contributed by atoms with Crippen molar-refractivity contribution in [1.29, 1.82) is 0 Å². The minimum atomic E-state index is 0.188. The van der Waals surface area contributed by atoms with Gasteiger partial charge in [0.25, 0.3) is 0 Å². The summed E-state index contributed by atoms with van der Waals surface area (Å²) in [4.78, 5) is 15.6. The summed E-state index contributed by atoms with van der Waals surface area (Å²) in [5.41, 5.74) is 1.61. The number of pyridine rings is 1. The minimum Gasteiger partial charge on any atom is -0.508 e. The Morgan fingerprint density at radius 1 is 1.06 bits per heavy atom. The fourth-order valence-electron chi connectivity index (χ4n) is 3.06. The SMILES string of the molecule is Oc1ccc(N=NCc2nc(OCCc3ccccn3)cc(N3CCOCC3)n2)cc1. The van der Waals surface area contributed by atoms with Crippen LogP contribution in [0.15, 0.2) is 65.0 Å². The zero-order valence-corrected chi connectivity index (χ0v) is 17.1. The number of benzene rings is 1. The molecule has 3 heterocycles. The average Bonchev–Trinajstić information content (AvgIpc) is 2.82. The fraction of sp³-hybridized carbons (Fsp3) is 0.318. The maximum absolute atomic E-state index is 9.36. The predicted octanol–water partition coefficient (Wildman–Crippen LogP) is 3.32. The van der Waals surface area contributed by atoms with Crippen molar-refractivity contribution in [2.45, 2.75) is 13.0 Å². The van der Waals surface area contributed by atoms with Gasteiger partial charge < -0.3 is 19.5 Å². The lowest BCUT2D eigenvalue weighted by Crippen LogP contribution is -2.37. The molecule has 160 valence electrons. The van der Waals surface area contributed by atoms with Gasteiger partial charge >= 0.3 is 0 Å². The lowest BCUT2D eigenvalue weighted by Gasteiger charge is -2.28. The van der Waals surface area contributed by atoms with E-state index in [1.165, 1.54) is 0 Å². The summed E-state index contributed by atoms with van der Waals surface area (Å²) in [6.07, 6.45) is 2.46. The molecule has 1 aliphatic rings. The lowest BCUT2D eigenvalue weighted by atomic mass is 10.3. The molecule has 2 aromatic heterocycles. The molecule has 1 saturated heterocycles. The molecule has 1 fully saturated rings. The highest BCUT2D eigenvalue weighted by Gasteiger charge is 2.15. The van der Waals surface area contributed by atoms with Crippen LogP contribution in [0.3, 0.4) is 0 Å². The van der Waals surface area contributed by atoms with Crippen molar-refractivity contribution in [3.63, 3.8) is 0 Å². The van der Waals surface area contributed by atoms with Gasteiger partial charge in [0.05, 0.1) is 25.5 Å². The van der Waals surface area contributed by atoms with Crippen LogP contribution in [-0.2, 0) is 17.7 Å².